The number of rotatable bonds is 3. The van der Waals surface area contributed by atoms with Gasteiger partial charge in [-0.3, -0.25) is 4.79 Å². The fourth-order valence-corrected chi connectivity index (χ4v) is 2.62. The first-order chi connectivity index (χ1) is 10.2. The molecule has 6 nitrogen and oxygen atoms in total. The van der Waals surface area contributed by atoms with Crippen molar-refractivity contribution in [2.24, 2.45) is 0 Å². The molecule has 0 fully saturated rings. The van der Waals surface area contributed by atoms with E-state index in [9.17, 15) is 15.3 Å². The molecule has 0 bridgehead atoms. The topological polar surface area (TPSA) is 110 Å². The minimum atomic E-state index is -1.04. The molecule has 2 rings (SSSR count). The zero-order chi connectivity index (χ0) is 15.2. The summed E-state index contributed by atoms with van der Waals surface area (Å²) in [5, 5.41) is 30.1. The van der Waals surface area contributed by atoms with Crippen LogP contribution in [-0.2, 0) is 17.6 Å². The number of pyridine rings is 1. The Hall–Kier alpha value is -2.60. The molecule has 1 heterocycles. The molecular formula is C15H16N4O2. The van der Waals surface area contributed by atoms with Gasteiger partial charge in [0.2, 0.25) is 0 Å². The van der Waals surface area contributed by atoms with Gasteiger partial charge >= 0.3 is 5.97 Å². The van der Waals surface area contributed by atoms with E-state index in [4.69, 9.17) is 5.11 Å². The monoisotopic (exact) mass is 284 g/mol. The quantitative estimate of drug-likeness (QED) is 0.878. The lowest BCUT2D eigenvalue weighted by molar-refractivity contribution is -0.134. The zero-order valence-corrected chi connectivity index (χ0v) is 11.6. The summed E-state index contributed by atoms with van der Waals surface area (Å²) in [6.45, 7) is -0.328. The normalized spacial score (nSPS) is 14.0. The number of nitrogens with one attached hydrogen (secondary N) is 1. The van der Waals surface area contributed by atoms with Crippen molar-refractivity contribution in [3.8, 4) is 12.1 Å². The number of aromatic nitrogens is 1. The first-order valence-corrected chi connectivity index (χ1v) is 6.99. The number of hydrogen-bond acceptors (Lipinski definition) is 5. The van der Waals surface area contributed by atoms with Crippen molar-refractivity contribution in [3.63, 3.8) is 0 Å². The van der Waals surface area contributed by atoms with Crippen LogP contribution < -0.4 is 5.32 Å². The summed E-state index contributed by atoms with van der Waals surface area (Å²) in [4.78, 5) is 15.1. The number of fused-ring (bicyclic) bond motifs is 1. The fourth-order valence-electron chi connectivity index (χ4n) is 2.62. The average molecular weight is 284 g/mol. The Morgan fingerprint density at radius 2 is 1.81 bits per heavy atom. The van der Waals surface area contributed by atoms with Crippen molar-refractivity contribution in [1.82, 2.24) is 4.98 Å². The standard InChI is InChI=1S/C15H16N4O2/c16-7-11-10-5-3-1-2-4-6-13(10)19-15(12(11)8-17)18-9-14(20)21/h1-6,9H2,(H,18,19)(H,20,21). The van der Waals surface area contributed by atoms with Crippen LogP contribution in [0.25, 0.3) is 0 Å². The van der Waals surface area contributed by atoms with Gasteiger partial charge in [-0.1, -0.05) is 12.8 Å². The predicted molar refractivity (Wildman–Crippen MR) is 75.7 cm³/mol. The van der Waals surface area contributed by atoms with Crippen LogP contribution in [0.15, 0.2) is 0 Å². The zero-order valence-electron chi connectivity index (χ0n) is 11.6. The largest absolute Gasteiger partial charge is 0.480 e. The molecule has 0 saturated carbocycles. The van der Waals surface area contributed by atoms with Crippen molar-refractivity contribution >= 4 is 11.8 Å². The Morgan fingerprint density at radius 3 is 2.43 bits per heavy atom. The van der Waals surface area contributed by atoms with Gasteiger partial charge in [0.25, 0.3) is 0 Å². The maximum absolute atomic E-state index is 10.7. The van der Waals surface area contributed by atoms with Crippen LogP contribution in [0.4, 0.5) is 5.82 Å². The molecule has 1 aliphatic carbocycles. The van der Waals surface area contributed by atoms with Gasteiger partial charge in [0.05, 0.1) is 5.56 Å². The SMILES string of the molecule is N#Cc1c(NCC(=O)O)nc2c(c1C#N)CCCCCC2. The lowest BCUT2D eigenvalue weighted by Gasteiger charge is -2.17. The van der Waals surface area contributed by atoms with Gasteiger partial charge in [-0.25, -0.2) is 4.98 Å². The molecule has 108 valence electrons. The highest BCUT2D eigenvalue weighted by Crippen LogP contribution is 2.27. The maximum Gasteiger partial charge on any atom is 0.322 e. The maximum atomic E-state index is 10.7. The smallest absolute Gasteiger partial charge is 0.322 e. The molecule has 1 aromatic heterocycles. The van der Waals surface area contributed by atoms with Gasteiger partial charge in [0.1, 0.15) is 30.1 Å². The number of carbonyl (C=O) groups is 1. The molecule has 0 aromatic carbocycles. The molecule has 0 aliphatic heterocycles. The summed E-state index contributed by atoms with van der Waals surface area (Å²) < 4.78 is 0. The summed E-state index contributed by atoms with van der Waals surface area (Å²) in [5.74, 6) is -0.832. The number of nitriles is 2. The van der Waals surface area contributed by atoms with Gasteiger partial charge in [-0.15, -0.1) is 0 Å². The Bertz CT molecular complexity index is 641. The van der Waals surface area contributed by atoms with E-state index >= 15 is 0 Å². The second-order valence-corrected chi connectivity index (χ2v) is 5.02. The van der Waals surface area contributed by atoms with Crippen LogP contribution >= 0.6 is 0 Å². The van der Waals surface area contributed by atoms with Crippen LogP contribution in [0, 0.1) is 22.7 Å². The molecular weight excluding hydrogens is 268 g/mol. The molecule has 0 saturated heterocycles. The van der Waals surface area contributed by atoms with E-state index in [1.54, 1.807) is 0 Å². The third-order valence-electron chi connectivity index (χ3n) is 3.60. The molecule has 0 spiro atoms. The van der Waals surface area contributed by atoms with Crippen molar-refractivity contribution in [3.05, 3.63) is 22.4 Å². The minimum Gasteiger partial charge on any atom is -0.480 e. The first-order valence-electron chi connectivity index (χ1n) is 6.99. The second-order valence-electron chi connectivity index (χ2n) is 5.02. The van der Waals surface area contributed by atoms with Crippen LogP contribution in [-0.4, -0.2) is 22.6 Å². The van der Waals surface area contributed by atoms with E-state index in [0.29, 0.717) is 5.56 Å². The minimum absolute atomic E-state index is 0.151. The summed E-state index contributed by atoms with van der Waals surface area (Å²) in [5.41, 5.74) is 2.17. The fraction of sp³-hybridized carbons (Fsp3) is 0.467. The number of aliphatic carboxylic acids is 1. The lowest BCUT2D eigenvalue weighted by Crippen LogP contribution is -2.17. The van der Waals surface area contributed by atoms with E-state index < -0.39 is 5.97 Å². The molecule has 0 atom stereocenters. The van der Waals surface area contributed by atoms with Gasteiger partial charge < -0.3 is 10.4 Å². The highest BCUT2D eigenvalue weighted by Gasteiger charge is 2.20. The summed E-state index contributed by atoms with van der Waals surface area (Å²) in [6, 6.07) is 4.09. The highest BCUT2D eigenvalue weighted by atomic mass is 16.4. The van der Waals surface area contributed by atoms with Crippen molar-refractivity contribution < 1.29 is 9.90 Å². The Morgan fingerprint density at radius 1 is 1.14 bits per heavy atom. The number of carboxylic acid groups (broad SMARTS) is 1. The van der Waals surface area contributed by atoms with E-state index in [0.717, 1.165) is 49.8 Å². The van der Waals surface area contributed by atoms with Crippen LogP contribution in [0.2, 0.25) is 0 Å². The van der Waals surface area contributed by atoms with Crippen molar-refractivity contribution in [1.29, 1.82) is 10.5 Å². The highest BCUT2D eigenvalue weighted by molar-refractivity contribution is 5.74. The van der Waals surface area contributed by atoms with E-state index in [1.165, 1.54) is 0 Å². The molecule has 21 heavy (non-hydrogen) atoms. The number of hydrogen-bond donors (Lipinski definition) is 2. The van der Waals surface area contributed by atoms with Gasteiger partial charge in [0, 0.05) is 5.69 Å². The molecule has 2 N–H and O–H groups in total. The summed E-state index contributed by atoms with van der Waals surface area (Å²) >= 11 is 0. The number of nitrogens with zero attached hydrogens (tertiary/aromatic N) is 3. The third-order valence-corrected chi connectivity index (χ3v) is 3.60. The molecule has 0 radical (unpaired) electrons. The van der Waals surface area contributed by atoms with Crippen molar-refractivity contribution in [2.75, 3.05) is 11.9 Å². The molecule has 1 aromatic rings. The van der Waals surface area contributed by atoms with Crippen LogP contribution in [0.3, 0.4) is 0 Å². The van der Waals surface area contributed by atoms with Gasteiger partial charge in [-0.2, -0.15) is 10.5 Å². The molecule has 1 aliphatic rings. The van der Waals surface area contributed by atoms with Crippen LogP contribution in [0.1, 0.15) is 48.1 Å². The number of aryl methyl sites for hydroxylation is 1. The van der Waals surface area contributed by atoms with E-state index in [2.05, 4.69) is 16.4 Å². The summed E-state index contributed by atoms with van der Waals surface area (Å²) in [6.07, 6.45) is 5.73. The second kappa shape index (κ2) is 6.71. The number of anilines is 1. The molecule has 6 heteroatoms. The molecule has 0 amide bonds. The average Bonchev–Trinajstić information content (AvgIpc) is 2.44. The Labute approximate surface area is 123 Å². The van der Waals surface area contributed by atoms with Crippen LogP contribution in [0.5, 0.6) is 0 Å². The lowest BCUT2D eigenvalue weighted by atomic mass is 9.92. The molecule has 0 unspecified atom stereocenters. The summed E-state index contributed by atoms with van der Waals surface area (Å²) in [7, 11) is 0. The van der Waals surface area contributed by atoms with E-state index in [1.807, 2.05) is 6.07 Å². The van der Waals surface area contributed by atoms with Gasteiger partial charge in [-0.05, 0) is 31.2 Å². The van der Waals surface area contributed by atoms with E-state index in [-0.39, 0.29) is 17.9 Å². The Kier molecular flexibility index (Phi) is 4.73. The number of carboxylic acids is 1. The van der Waals surface area contributed by atoms with Gasteiger partial charge in [0.15, 0.2) is 0 Å². The third kappa shape index (κ3) is 3.29. The van der Waals surface area contributed by atoms with Crippen molar-refractivity contribution in [2.45, 2.75) is 38.5 Å². The first kappa shape index (κ1) is 14.8. The Balaban J connectivity index is 2.51. The predicted octanol–water partition coefficient (Wildman–Crippen LogP) is 1.98.